The molecule has 8 heteroatoms. The van der Waals surface area contributed by atoms with E-state index in [0.717, 1.165) is 33.5 Å². The molecule has 0 amide bonds. The number of aryl methyl sites for hydroxylation is 2. The lowest BCUT2D eigenvalue weighted by molar-refractivity contribution is 0.272. The number of fused-ring (bicyclic) bond motifs is 1. The van der Waals surface area contributed by atoms with E-state index >= 15 is 0 Å². The SMILES string of the molecule is CCCOc1nc2ccc(I)cc2c(=O)n1CCC.Cc1cc(C)nc(Nc2ccccc2)n1. The average molecular weight is 571 g/mol. The fourth-order valence-corrected chi connectivity index (χ4v) is 3.82. The van der Waals surface area contributed by atoms with Crippen LogP contribution >= 0.6 is 22.6 Å². The molecule has 0 fully saturated rings. The third kappa shape index (κ3) is 6.99. The van der Waals surface area contributed by atoms with Gasteiger partial charge in [0.05, 0.1) is 17.5 Å². The van der Waals surface area contributed by atoms with E-state index in [-0.39, 0.29) is 5.56 Å². The summed E-state index contributed by atoms with van der Waals surface area (Å²) < 4.78 is 8.28. The van der Waals surface area contributed by atoms with Gasteiger partial charge in [-0.25, -0.2) is 9.97 Å². The summed E-state index contributed by atoms with van der Waals surface area (Å²) in [4.78, 5) is 25.6. The molecule has 0 aliphatic carbocycles. The van der Waals surface area contributed by atoms with E-state index in [4.69, 9.17) is 4.74 Å². The molecular weight excluding hydrogens is 541 g/mol. The summed E-state index contributed by atoms with van der Waals surface area (Å²) in [7, 11) is 0. The van der Waals surface area contributed by atoms with Gasteiger partial charge < -0.3 is 10.1 Å². The molecule has 4 rings (SSSR count). The van der Waals surface area contributed by atoms with Gasteiger partial charge in [-0.3, -0.25) is 9.36 Å². The summed E-state index contributed by atoms with van der Waals surface area (Å²) in [6, 6.07) is 18.0. The minimum atomic E-state index is -0.0172. The number of benzene rings is 2. The van der Waals surface area contributed by atoms with Crippen LogP contribution in [0.3, 0.4) is 0 Å². The van der Waals surface area contributed by atoms with Crippen LogP contribution in [0.4, 0.5) is 11.6 Å². The van der Waals surface area contributed by atoms with E-state index in [0.29, 0.717) is 36.0 Å². The molecule has 2 heterocycles. The molecule has 1 N–H and O–H groups in total. The predicted octanol–water partition coefficient (Wildman–Crippen LogP) is 6.04. The molecule has 2 aromatic carbocycles. The molecule has 4 aromatic rings. The first-order valence-corrected chi connectivity index (χ1v) is 12.5. The van der Waals surface area contributed by atoms with Gasteiger partial charge in [0.25, 0.3) is 11.6 Å². The van der Waals surface area contributed by atoms with Gasteiger partial charge in [-0.05, 0) is 85.7 Å². The first-order valence-electron chi connectivity index (χ1n) is 11.4. The Labute approximate surface area is 213 Å². The molecule has 0 saturated carbocycles. The van der Waals surface area contributed by atoms with Gasteiger partial charge in [-0.1, -0.05) is 32.0 Å². The zero-order valence-electron chi connectivity index (χ0n) is 20.0. The first-order chi connectivity index (χ1) is 16.4. The zero-order chi connectivity index (χ0) is 24.5. The molecule has 2 aromatic heterocycles. The number of nitrogens with one attached hydrogen (secondary N) is 1. The van der Waals surface area contributed by atoms with E-state index in [1.807, 2.05) is 82.3 Å². The summed E-state index contributed by atoms with van der Waals surface area (Å²) in [5, 5.41) is 3.82. The maximum absolute atomic E-state index is 12.5. The lowest BCUT2D eigenvalue weighted by atomic mass is 10.2. The Morgan fingerprint density at radius 3 is 2.29 bits per heavy atom. The van der Waals surface area contributed by atoms with Gasteiger partial charge in [0.1, 0.15) is 0 Å². The van der Waals surface area contributed by atoms with Crippen LogP contribution in [0.5, 0.6) is 6.01 Å². The molecular formula is C26H30IN5O2. The molecule has 0 spiro atoms. The monoisotopic (exact) mass is 571 g/mol. The normalized spacial score (nSPS) is 10.5. The quantitative estimate of drug-likeness (QED) is 0.273. The average Bonchev–Trinajstić information content (AvgIpc) is 2.81. The van der Waals surface area contributed by atoms with E-state index < -0.39 is 0 Å². The smallest absolute Gasteiger partial charge is 0.299 e. The molecule has 0 bridgehead atoms. The van der Waals surface area contributed by atoms with E-state index in [9.17, 15) is 4.79 Å². The molecule has 178 valence electrons. The van der Waals surface area contributed by atoms with Gasteiger partial charge >= 0.3 is 0 Å². The van der Waals surface area contributed by atoms with Gasteiger partial charge in [-0.2, -0.15) is 4.98 Å². The van der Waals surface area contributed by atoms with Crippen LogP contribution in [0, 0.1) is 17.4 Å². The Bertz CT molecular complexity index is 1270. The highest BCUT2D eigenvalue weighted by atomic mass is 127. The molecule has 0 atom stereocenters. The Kier molecular flexibility index (Phi) is 9.38. The van der Waals surface area contributed by atoms with Crippen LogP contribution in [-0.4, -0.2) is 26.1 Å². The van der Waals surface area contributed by atoms with E-state index in [2.05, 4.69) is 42.9 Å². The minimum Gasteiger partial charge on any atom is -0.465 e. The van der Waals surface area contributed by atoms with Crippen molar-refractivity contribution in [1.82, 2.24) is 19.5 Å². The second-order valence-corrected chi connectivity index (χ2v) is 9.07. The van der Waals surface area contributed by atoms with Gasteiger partial charge in [-0.15, -0.1) is 0 Å². The molecule has 0 aliphatic rings. The molecule has 7 nitrogen and oxygen atoms in total. The number of aromatic nitrogens is 4. The van der Waals surface area contributed by atoms with Crippen molar-refractivity contribution in [3.05, 3.63) is 79.9 Å². The number of para-hydroxylation sites is 1. The Hall–Kier alpha value is -3.01. The van der Waals surface area contributed by atoms with Gasteiger partial charge in [0.2, 0.25) is 5.95 Å². The largest absolute Gasteiger partial charge is 0.465 e. The van der Waals surface area contributed by atoms with Crippen LogP contribution in [0.1, 0.15) is 38.1 Å². The fourth-order valence-electron chi connectivity index (χ4n) is 3.33. The number of ether oxygens (including phenoxy) is 1. The van der Waals surface area contributed by atoms with Crippen molar-refractivity contribution >= 4 is 45.1 Å². The van der Waals surface area contributed by atoms with Crippen molar-refractivity contribution in [2.45, 2.75) is 47.1 Å². The summed E-state index contributed by atoms with van der Waals surface area (Å²) in [6.07, 6.45) is 1.77. The number of hydrogen-bond donors (Lipinski definition) is 1. The number of anilines is 2. The van der Waals surface area contributed by atoms with Crippen LogP contribution in [0.15, 0.2) is 59.4 Å². The number of rotatable bonds is 7. The van der Waals surface area contributed by atoms with Gasteiger partial charge in [0.15, 0.2) is 0 Å². The first kappa shape index (κ1) is 25.6. The van der Waals surface area contributed by atoms with Gasteiger partial charge in [0, 0.05) is 27.2 Å². The molecule has 0 saturated heterocycles. The van der Waals surface area contributed by atoms with E-state index in [1.54, 1.807) is 4.57 Å². The van der Waals surface area contributed by atoms with Crippen LogP contribution in [-0.2, 0) is 6.54 Å². The van der Waals surface area contributed by atoms with Crippen molar-refractivity contribution in [2.24, 2.45) is 0 Å². The molecule has 0 unspecified atom stereocenters. The standard InChI is InChI=1S/C14H17IN2O2.C12H13N3/c1-3-7-17-13(18)11-9-10(15)5-6-12(11)16-14(17)19-8-4-2;1-9-8-10(2)14-12(13-9)15-11-6-4-3-5-7-11/h5-6,9H,3-4,7-8H2,1-2H3;3-8H,1-2H3,(H,13,14,15). The van der Waals surface area contributed by atoms with Crippen LogP contribution < -0.4 is 15.6 Å². The van der Waals surface area contributed by atoms with E-state index in [1.165, 1.54) is 0 Å². The maximum Gasteiger partial charge on any atom is 0.299 e. The predicted molar refractivity (Wildman–Crippen MR) is 146 cm³/mol. The lowest BCUT2D eigenvalue weighted by Gasteiger charge is -2.12. The zero-order valence-corrected chi connectivity index (χ0v) is 22.2. The molecule has 34 heavy (non-hydrogen) atoms. The molecule has 0 aliphatic heterocycles. The lowest BCUT2D eigenvalue weighted by Crippen LogP contribution is -2.24. The molecule has 0 radical (unpaired) electrons. The second-order valence-electron chi connectivity index (χ2n) is 7.83. The highest BCUT2D eigenvalue weighted by molar-refractivity contribution is 14.1. The topological polar surface area (TPSA) is 81.9 Å². The van der Waals surface area contributed by atoms with Crippen molar-refractivity contribution in [3.63, 3.8) is 0 Å². The Morgan fingerprint density at radius 1 is 0.941 bits per heavy atom. The van der Waals surface area contributed by atoms with Crippen molar-refractivity contribution in [3.8, 4) is 6.01 Å². The van der Waals surface area contributed by atoms with Crippen LogP contribution in [0.25, 0.3) is 10.9 Å². The van der Waals surface area contributed by atoms with Crippen molar-refractivity contribution in [2.75, 3.05) is 11.9 Å². The minimum absolute atomic E-state index is 0.0172. The number of nitrogens with zero attached hydrogens (tertiary/aromatic N) is 4. The number of hydrogen-bond acceptors (Lipinski definition) is 6. The Balaban J connectivity index is 0.000000196. The Morgan fingerprint density at radius 2 is 1.65 bits per heavy atom. The fraction of sp³-hybridized carbons (Fsp3) is 0.308. The summed E-state index contributed by atoms with van der Waals surface area (Å²) >= 11 is 2.20. The second kappa shape index (κ2) is 12.5. The summed E-state index contributed by atoms with van der Waals surface area (Å²) in [6.45, 7) is 9.20. The maximum atomic E-state index is 12.5. The van der Waals surface area contributed by atoms with Crippen LogP contribution in [0.2, 0.25) is 0 Å². The number of halogens is 1. The van der Waals surface area contributed by atoms with Crippen molar-refractivity contribution in [1.29, 1.82) is 0 Å². The third-order valence-electron chi connectivity index (χ3n) is 4.78. The third-order valence-corrected chi connectivity index (χ3v) is 5.45. The highest BCUT2D eigenvalue weighted by Gasteiger charge is 2.11. The van der Waals surface area contributed by atoms with Crippen molar-refractivity contribution < 1.29 is 4.74 Å². The highest BCUT2D eigenvalue weighted by Crippen LogP contribution is 2.17. The summed E-state index contributed by atoms with van der Waals surface area (Å²) in [5.41, 5.74) is 3.63. The summed E-state index contributed by atoms with van der Waals surface area (Å²) in [5.74, 6) is 0.652.